The summed E-state index contributed by atoms with van der Waals surface area (Å²) in [5, 5.41) is 18.3. The molecule has 0 amide bonds. The van der Waals surface area contributed by atoms with E-state index in [1.165, 1.54) is 122 Å². The fraction of sp³-hybridized carbons (Fsp3) is 0.864. The van der Waals surface area contributed by atoms with Crippen molar-refractivity contribution in [3.63, 3.8) is 0 Å². The molecule has 3 atom stereocenters. The number of hydrogen-bond donors (Lipinski definition) is 3. The molecule has 0 aromatic heterocycles. The van der Waals surface area contributed by atoms with E-state index in [4.69, 9.17) is 19.1 Å². The zero-order valence-electron chi connectivity index (χ0n) is 35.2. The summed E-state index contributed by atoms with van der Waals surface area (Å²) < 4.78 is 32.6. The molecule has 0 fully saturated rings. The van der Waals surface area contributed by atoms with Gasteiger partial charge in [0.05, 0.1) is 19.8 Å². The Kier molecular flexibility index (Phi) is 39.5. The molecule has 0 bridgehead atoms. The molecule has 0 spiro atoms. The molecular weight excluding hydrogens is 719 g/mol. The predicted octanol–water partition coefficient (Wildman–Crippen LogP) is 11.8. The number of carbonyl (C=O) groups excluding carboxylic acids is 2. The van der Waals surface area contributed by atoms with Gasteiger partial charge in [0.25, 0.3) is 0 Å². The highest BCUT2D eigenvalue weighted by Gasteiger charge is 2.27. The molecule has 0 aliphatic heterocycles. The van der Waals surface area contributed by atoms with E-state index in [0.717, 1.165) is 44.9 Å². The summed E-state index contributed by atoms with van der Waals surface area (Å²) in [6.07, 6.45) is 40.2. The molecule has 324 valence electrons. The molecule has 0 saturated heterocycles. The number of rotatable bonds is 42. The van der Waals surface area contributed by atoms with E-state index in [1.807, 2.05) is 0 Å². The van der Waals surface area contributed by atoms with Crippen LogP contribution in [0.1, 0.15) is 206 Å². The second-order valence-electron chi connectivity index (χ2n) is 15.1. The van der Waals surface area contributed by atoms with Crippen LogP contribution in [-0.2, 0) is 32.7 Å². The molecule has 10 nitrogen and oxygen atoms in total. The van der Waals surface area contributed by atoms with Gasteiger partial charge in [-0.3, -0.25) is 18.6 Å². The quantitative estimate of drug-likeness (QED) is 0.0236. The maximum Gasteiger partial charge on any atom is 0.472 e. The summed E-state index contributed by atoms with van der Waals surface area (Å²) in [5.41, 5.74) is 0. The minimum Gasteiger partial charge on any atom is -0.462 e. The number of aliphatic hydroxyl groups is 2. The summed E-state index contributed by atoms with van der Waals surface area (Å²) in [6.45, 7) is 2.36. The van der Waals surface area contributed by atoms with E-state index in [-0.39, 0.29) is 19.4 Å². The second kappa shape index (κ2) is 40.6. The minimum atomic E-state index is -4.61. The number of hydrogen-bond acceptors (Lipinski definition) is 9. The Morgan fingerprint density at radius 3 is 1.40 bits per heavy atom. The lowest BCUT2D eigenvalue weighted by molar-refractivity contribution is -0.161. The molecule has 55 heavy (non-hydrogen) atoms. The van der Waals surface area contributed by atoms with Crippen LogP contribution in [-0.4, -0.2) is 65.7 Å². The number of phosphoric ester groups is 1. The monoisotopic (exact) mass is 803 g/mol. The lowest BCUT2D eigenvalue weighted by Gasteiger charge is -2.20. The standard InChI is InChI=1S/C44H83O10P/c1-3-5-7-9-11-13-14-15-16-17-18-19-20-21-22-23-24-25-26-28-30-32-34-36-44(48)54-42(40-53-55(49,50)52-38-41(46)37-45)39-51-43(47)35-33-31-29-27-12-10-8-6-4-2/h14-15,17-18,41-42,45-46H,3-13,16,19-40H2,1-2H3,(H,49,50)/b15-14-,18-17-. The van der Waals surface area contributed by atoms with Gasteiger partial charge in [0.15, 0.2) is 6.10 Å². The summed E-state index contributed by atoms with van der Waals surface area (Å²) in [5.74, 6) is -0.924. The van der Waals surface area contributed by atoms with Crippen molar-refractivity contribution in [3.8, 4) is 0 Å². The van der Waals surface area contributed by atoms with Crippen LogP contribution in [0.5, 0.6) is 0 Å². The van der Waals surface area contributed by atoms with Crippen molar-refractivity contribution in [2.75, 3.05) is 26.4 Å². The number of allylic oxidation sites excluding steroid dienone is 4. The van der Waals surface area contributed by atoms with E-state index in [1.54, 1.807) is 0 Å². The summed E-state index contributed by atoms with van der Waals surface area (Å²) in [4.78, 5) is 34.9. The van der Waals surface area contributed by atoms with Crippen LogP contribution in [0.3, 0.4) is 0 Å². The summed E-state index contributed by atoms with van der Waals surface area (Å²) >= 11 is 0. The van der Waals surface area contributed by atoms with Crippen LogP contribution < -0.4 is 0 Å². The molecule has 0 saturated carbocycles. The molecule has 0 radical (unpaired) electrons. The van der Waals surface area contributed by atoms with Crippen LogP contribution >= 0.6 is 7.82 Å². The van der Waals surface area contributed by atoms with Gasteiger partial charge < -0.3 is 24.6 Å². The second-order valence-corrected chi connectivity index (χ2v) is 16.5. The van der Waals surface area contributed by atoms with Crippen molar-refractivity contribution in [3.05, 3.63) is 24.3 Å². The first-order valence-electron chi connectivity index (χ1n) is 22.3. The van der Waals surface area contributed by atoms with Gasteiger partial charge in [-0.15, -0.1) is 0 Å². The zero-order chi connectivity index (χ0) is 40.5. The first kappa shape index (κ1) is 53.5. The van der Waals surface area contributed by atoms with E-state index in [9.17, 15) is 24.2 Å². The van der Waals surface area contributed by atoms with Crippen molar-refractivity contribution in [2.24, 2.45) is 0 Å². The molecule has 0 aliphatic carbocycles. The van der Waals surface area contributed by atoms with Crippen LogP contribution in [0.4, 0.5) is 0 Å². The van der Waals surface area contributed by atoms with Crippen molar-refractivity contribution in [2.45, 2.75) is 219 Å². The number of phosphoric acid groups is 1. The summed E-state index contributed by atoms with van der Waals surface area (Å²) in [6, 6.07) is 0. The molecule has 0 aromatic rings. The SMILES string of the molecule is CCCCCCC/C=C\C/C=C\CCCCCCCCCCCCCC(=O)OC(COC(=O)CCCCCCCCCCC)COP(=O)(O)OCC(O)CO. The molecule has 3 unspecified atom stereocenters. The van der Waals surface area contributed by atoms with Gasteiger partial charge in [0, 0.05) is 12.8 Å². The van der Waals surface area contributed by atoms with Gasteiger partial charge in [0.1, 0.15) is 12.7 Å². The Hall–Kier alpha value is -1.55. The van der Waals surface area contributed by atoms with E-state index in [2.05, 4.69) is 42.7 Å². The Morgan fingerprint density at radius 1 is 0.545 bits per heavy atom. The van der Waals surface area contributed by atoms with Crippen molar-refractivity contribution in [1.82, 2.24) is 0 Å². The topological polar surface area (TPSA) is 149 Å². The zero-order valence-corrected chi connectivity index (χ0v) is 36.0. The summed E-state index contributed by atoms with van der Waals surface area (Å²) in [7, 11) is -4.61. The van der Waals surface area contributed by atoms with E-state index in [0.29, 0.717) is 12.8 Å². The largest absolute Gasteiger partial charge is 0.472 e. The number of esters is 2. The third-order valence-corrected chi connectivity index (χ3v) is 10.6. The number of unbranched alkanes of at least 4 members (excludes halogenated alkanes) is 24. The van der Waals surface area contributed by atoms with Crippen LogP contribution in [0.25, 0.3) is 0 Å². The number of ether oxygens (including phenoxy) is 2. The fourth-order valence-corrected chi connectivity index (χ4v) is 6.93. The highest BCUT2D eigenvalue weighted by molar-refractivity contribution is 7.47. The first-order valence-corrected chi connectivity index (χ1v) is 23.8. The Bertz CT molecular complexity index is 972. The molecule has 3 N–H and O–H groups in total. The third kappa shape index (κ3) is 40.4. The highest BCUT2D eigenvalue weighted by Crippen LogP contribution is 2.43. The van der Waals surface area contributed by atoms with Crippen molar-refractivity contribution >= 4 is 19.8 Å². The van der Waals surface area contributed by atoms with Crippen LogP contribution in [0.15, 0.2) is 24.3 Å². The van der Waals surface area contributed by atoms with E-state index >= 15 is 0 Å². The normalized spacial score (nSPS) is 14.1. The number of aliphatic hydroxyl groups excluding tert-OH is 2. The molecule has 11 heteroatoms. The van der Waals surface area contributed by atoms with Crippen molar-refractivity contribution < 1.29 is 47.8 Å². The van der Waals surface area contributed by atoms with Crippen molar-refractivity contribution in [1.29, 1.82) is 0 Å². The fourth-order valence-electron chi connectivity index (χ4n) is 6.14. The van der Waals surface area contributed by atoms with Crippen LogP contribution in [0.2, 0.25) is 0 Å². The van der Waals surface area contributed by atoms with Crippen LogP contribution in [0, 0.1) is 0 Å². The predicted molar refractivity (Wildman–Crippen MR) is 224 cm³/mol. The highest BCUT2D eigenvalue weighted by atomic mass is 31.2. The maximum absolute atomic E-state index is 12.6. The molecule has 0 rings (SSSR count). The lowest BCUT2D eigenvalue weighted by atomic mass is 10.0. The van der Waals surface area contributed by atoms with Gasteiger partial charge in [0.2, 0.25) is 0 Å². The average Bonchev–Trinajstić information content (AvgIpc) is 3.17. The van der Waals surface area contributed by atoms with Gasteiger partial charge in [-0.1, -0.05) is 173 Å². The molecule has 0 aromatic carbocycles. The lowest BCUT2D eigenvalue weighted by Crippen LogP contribution is -2.29. The Morgan fingerprint density at radius 2 is 0.945 bits per heavy atom. The minimum absolute atomic E-state index is 0.184. The van der Waals surface area contributed by atoms with Gasteiger partial charge in [-0.05, 0) is 44.9 Å². The maximum atomic E-state index is 12.6. The first-order chi connectivity index (χ1) is 26.7. The van der Waals surface area contributed by atoms with E-state index < -0.39 is 51.8 Å². The van der Waals surface area contributed by atoms with Gasteiger partial charge >= 0.3 is 19.8 Å². The number of carbonyl (C=O) groups is 2. The molecular formula is C44H83O10P. The molecule has 0 aliphatic rings. The Balaban J connectivity index is 4.14. The smallest absolute Gasteiger partial charge is 0.462 e. The Labute approximate surface area is 336 Å². The third-order valence-electron chi connectivity index (χ3n) is 9.61. The van der Waals surface area contributed by atoms with Gasteiger partial charge in [-0.2, -0.15) is 0 Å². The van der Waals surface area contributed by atoms with Gasteiger partial charge in [-0.25, -0.2) is 4.57 Å². The average molecular weight is 803 g/mol. The molecule has 0 heterocycles.